The number of ketones is 1. The third-order valence-electron chi connectivity index (χ3n) is 13.6. The van der Waals surface area contributed by atoms with E-state index in [4.69, 9.17) is 42.6 Å². The van der Waals surface area contributed by atoms with Crippen LogP contribution in [0, 0.1) is 11.8 Å². The van der Waals surface area contributed by atoms with Crippen molar-refractivity contribution in [3.63, 3.8) is 0 Å². The first-order valence-electron chi connectivity index (χ1n) is 19.4. The third kappa shape index (κ3) is 5.93. The molecule has 10 nitrogen and oxygen atoms in total. The summed E-state index contributed by atoms with van der Waals surface area (Å²) in [6.45, 7) is 13.3. The van der Waals surface area contributed by atoms with Crippen molar-refractivity contribution < 1.29 is 47.4 Å². The number of methoxy groups -OCH3 is 1. The fourth-order valence-corrected chi connectivity index (χ4v) is 11.1. The van der Waals surface area contributed by atoms with E-state index in [1.165, 1.54) is 5.57 Å². The van der Waals surface area contributed by atoms with E-state index in [9.17, 15) is 4.79 Å². The fraction of sp³-hybridized carbons (Fsp3) is 0.872. The van der Waals surface area contributed by atoms with Gasteiger partial charge in [0.25, 0.3) is 0 Å². The van der Waals surface area contributed by atoms with E-state index in [1.807, 2.05) is 0 Å². The molecule has 0 aliphatic carbocycles. The summed E-state index contributed by atoms with van der Waals surface area (Å²) in [6, 6.07) is 0. The molecule has 10 heterocycles. The lowest BCUT2D eigenvalue weighted by Gasteiger charge is -2.47. The van der Waals surface area contributed by atoms with Crippen LogP contribution in [-0.4, -0.2) is 110 Å². The number of hydrogen-bond acceptors (Lipinski definition) is 10. The van der Waals surface area contributed by atoms with E-state index in [-0.39, 0.29) is 103 Å². The number of Topliss-reactive ketones (excluding diaryl/α,β-unsaturated/α-hetero) is 1. The molecule has 10 aliphatic heterocycles. The Morgan fingerprint density at radius 1 is 0.735 bits per heavy atom. The van der Waals surface area contributed by atoms with Crippen LogP contribution in [0.25, 0.3) is 0 Å². The Morgan fingerprint density at radius 2 is 1.49 bits per heavy atom. The van der Waals surface area contributed by atoms with Gasteiger partial charge in [-0.15, -0.1) is 0 Å². The molecule has 0 aromatic carbocycles. The van der Waals surface area contributed by atoms with E-state index in [1.54, 1.807) is 7.11 Å². The fourth-order valence-electron chi connectivity index (χ4n) is 11.1. The van der Waals surface area contributed by atoms with Crippen LogP contribution in [0.2, 0.25) is 0 Å². The minimum absolute atomic E-state index is 0.0218. The molecule has 0 radical (unpaired) electrons. The lowest BCUT2D eigenvalue weighted by Crippen LogP contribution is -2.61. The molecular weight excluding hydrogens is 628 g/mol. The largest absolute Gasteiger partial charge is 0.378 e. The smallest absolute Gasteiger partial charge is 0.172 e. The molecule has 0 saturated carbocycles. The van der Waals surface area contributed by atoms with Crippen molar-refractivity contribution in [3.05, 3.63) is 24.3 Å². The third-order valence-corrected chi connectivity index (χ3v) is 13.6. The Bertz CT molecular complexity index is 1300. The summed E-state index contributed by atoms with van der Waals surface area (Å²) in [4.78, 5) is 13.9. The SMILES string of the molecule is C=C1C2C[C@@H]3O[C@H](CC)[C@H](OC)[C@H]3CC(=O)C[C@H]3CC[C@@H]4O[C@H]5[C@H]6O[C@]7(CC[C@H]8CC(=C)[C@H](CC[C@@H](C[C@H]1C)O2)O8)C[C@H]6O[C@H]5[C@@H](O7)C4O3. The van der Waals surface area contributed by atoms with Gasteiger partial charge >= 0.3 is 0 Å². The first kappa shape index (κ1) is 33.6. The Morgan fingerprint density at radius 3 is 2.33 bits per heavy atom. The van der Waals surface area contributed by atoms with Gasteiger partial charge in [0.05, 0.1) is 61.0 Å². The lowest BCUT2D eigenvalue weighted by atomic mass is 9.81. The quantitative estimate of drug-likeness (QED) is 0.364. The van der Waals surface area contributed by atoms with Gasteiger partial charge in [-0.2, -0.15) is 0 Å². The summed E-state index contributed by atoms with van der Waals surface area (Å²) >= 11 is 0. The molecule has 10 saturated heterocycles. The van der Waals surface area contributed by atoms with Gasteiger partial charge in [0.1, 0.15) is 36.3 Å². The maximum absolute atomic E-state index is 13.9. The molecule has 2 unspecified atom stereocenters. The van der Waals surface area contributed by atoms with Crippen molar-refractivity contribution >= 4 is 5.78 Å². The van der Waals surface area contributed by atoms with E-state index in [0.29, 0.717) is 31.6 Å². The molecule has 10 fully saturated rings. The molecule has 0 N–H and O–H groups in total. The molecule has 12 bridgehead atoms. The van der Waals surface area contributed by atoms with Crippen LogP contribution < -0.4 is 0 Å². The van der Waals surface area contributed by atoms with Gasteiger partial charge < -0.3 is 42.6 Å². The molecule has 0 amide bonds. The first-order chi connectivity index (χ1) is 23.7. The van der Waals surface area contributed by atoms with Crippen molar-refractivity contribution in [2.75, 3.05) is 7.11 Å². The minimum Gasteiger partial charge on any atom is -0.378 e. The molecule has 0 aromatic rings. The summed E-state index contributed by atoms with van der Waals surface area (Å²) in [5, 5.41) is 0. The average Bonchev–Trinajstić information content (AvgIpc) is 3.76. The van der Waals surface area contributed by atoms with Crippen molar-refractivity contribution in [3.8, 4) is 0 Å². The topological polar surface area (TPSA) is 100 Å². The van der Waals surface area contributed by atoms with Crippen LogP contribution in [0.5, 0.6) is 0 Å². The number of ether oxygens (including phenoxy) is 9. The van der Waals surface area contributed by atoms with Crippen molar-refractivity contribution in [1.29, 1.82) is 0 Å². The lowest BCUT2D eigenvalue weighted by molar-refractivity contribution is -0.292. The van der Waals surface area contributed by atoms with Gasteiger partial charge in [0.15, 0.2) is 5.79 Å². The molecule has 0 aromatic heterocycles. The highest BCUT2D eigenvalue weighted by molar-refractivity contribution is 5.79. The Balaban J connectivity index is 0.994. The first-order valence-corrected chi connectivity index (χ1v) is 19.4. The summed E-state index contributed by atoms with van der Waals surface area (Å²) in [7, 11) is 1.74. The van der Waals surface area contributed by atoms with Crippen molar-refractivity contribution in [2.24, 2.45) is 11.8 Å². The summed E-state index contributed by atoms with van der Waals surface area (Å²) in [6.07, 6.45) is 7.92. The highest BCUT2D eigenvalue weighted by atomic mass is 16.8. The van der Waals surface area contributed by atoms with Crippen LogP contribution in [-0.2, 0) is 47.4 Å². The van der Waals surface area contributed by atoms with Gasteiger partial charge in [-0.05, 0) is 68.4 Å². The van der Waals surface area contributed by atoms with Gasteiger partial charge in [-0.25, -0.2) is 0 Å². The van der Waals surface area contributed by atoms with E-state index < -0.39 is 5.79 Å². The predicted molar refractivity (Wildman–Crippen MR) is 177 cm³/mol. The summed E-state index contributed by atoms with van der Waals surface area (Å²) in [5.41, 5.74) is 2.29. The molecule has 1 spiro atoms. The Labute approximate surface area is 290 Å². The Hall–Kier alpha value is -1.21. The zero-order valence-electron chi connectivity index (χ0n) is 29.5. The number of fused-ring (bicyclic) bond motifs is 6. The zero-order valence-corrected chi connectivity index (χ0v) is 29.5. The maximum atomic E-state index is 13.9. The molecular formula is C39H56O10. The number of carbonyl (C=O) groups excluding carboxylic acids is 1. The normalized spacial score (nSPS) is 54.2. The van der Waals surface area contributed by atoms with Crippen LogP contribution in [0.15, 0.2) is 24.3 Å². The highest BCUT2D eigenvalue weighted by Crippen LogP contribution is 2.54. The van der Waals surface area contributed by atoms with Crippen LogP contribution in [0.1, 0.15) is 97.3 Å². The van der Waals surface area contributed by atoms with Gasteiger partial charge in [0.2, 0.25) is 0 Å². The number of rotatable bonds is 2. The second kappa shape index (κ2) is 13.0. The van der Waals surface area contributed by atoms with Gasteiger partial charge in [-0.3, -0.25) is 4.79 Å². The summed E-state index contributed by atoms with van der Waals surface area (Å²) in [5.74, 6) is -0.285. The second-order valence-electron chi connectivity index (χ2n) is 16.7. The van der Waals surface area contributed by atoms with E-state index in [2.05, 4.69) is 27.0 Å². The highest BCUT2D eigenvalue weighted by Gasteiger charge is 2.68. The Kier molecular flexibility index (Phi) is 8.93. The molecule has 10 rings (SSSR count). The monoisotopic (exact) mass is 684 g/mol. The minimum atomic E-state index is -0.750. The van der Waals surface area contributed by atoms with Crippen LogP contribution >= 0.6 is 0 Å². The van der Waals surface area contributed by atoms with Crippen LogP contribution in [0.3, 0.4) is 0 Å². The van der Waals surface area contributed by atoms with Crippen molar-refractivity contribution in [1.82, 2.24) is 0 Å². The van der Waals surface area contributed by atoms with Crippen LogP contribution in [0.4, 0.5) is 0 Å². The van der Waals surface area contributed by atoms with Gasteiger partial charge in [0, 0.05) is 45.1 Å². The van der Waals surface area contributed by atoms with E-state index in [0.717, 1.165) is 63.4 Å². The second-order valence-corrected chi connectivity index (χ2v) is 16.7. The molecule has 10 aliphatic rings. The van der Waals surface area contributed by atoms with Gasteiger partial charge in [-0.1, -0.05) is 27.0 Å². The molecule has 10 heteroatoms. The average molecular weight is 685 g/mol. The molecule has 49 heavy (non-hydrogen) atoms. The molecule has 18 atom stereocenters. The van der Waals surface area contributed by atoms with Crippen molar-refractivity contribution in [2.45, 2.75) is 195 Å². The standard InChI is InChI=1S/C39H56O10/c1-6-27-33(41-5)26-16-22(40)15-24-8-10-29-34(44-24)38-37-36(46-29)35-32(47-37)18-39(48-35,49-38)12-11-25-14-20(3)28(42-25)9-7-23-13-19(2)21(4)30(43-23)17-31(26)45-27/h19,23-38H,3-4,6-18H2,1-2,5H3/t19-,23+,24-,25+,26+,27-,28+,29+,30?,31+,32-,33-,34?,35+,36+,37-,38+,39+/m1/s1. The zero-order chi connectivity index (χ0) is 33.6. The molecule has 272 valence electrons. The predicted octanol–water partition coefficient (Wildman–Crippen LogP) is 5.14. The maximum Gasteiger partial charge on any atom is 0.172 e. The number of hydrogen-bond donors (Lipinski definition) is 0. The number of carbonyl (C=O) groups is 1. The van der Waals surface area contributed by atoms with E-state index >= 15 is 0 Å². The summed E-state index contributed by atoms with van der Waals surface area (Å²) < 4.78 is 60.0.